The Kier molecular flexibility index (Phi) is 4.35. The summed E-state index contributed by atoms with van der Waals surface area (Å²) in [6, 6.07) is 4.17. The van der Waals surface area contributed by atoms with E-state index < -0.39 is 11.9 Å². The Hall–Kier alpha value is -2.30. The van der Waals surface area contributed by atoms with E-state index in [1.54, 1.807) is 4.90 Å². The summed E-state index contributed by atoms with van der Waals surface area (Å²) in [5, 5.41) is 10.3. The van der Waals surface area contributed by atoms with Crippen molar-refractivity contribution >= 4 is 22.8 Å². The van der Waals surface area contributed by atoms with Gasteiger partial charge >= 0.3 is 5.97 Å². The number of carboxylic acids is 1. The molecule has 1 aromatic heterocycles. The van der Waals surface area contributed by atoms with Gasteiger partial charge in [-0.2, -0.15) is 0 Å². The van der Waals surface area contributed by atoms with E-state index in [1.165, 1.54) is 5.56 Å². The highest BCUT2D eigenvalue weighted by atomic mass is 16.4. The molecule has 1 fully saturated rings. The number of carbonyl (C=O) groups excluding carboxylic acids is 1. The third-order valence-corrected chi connectivity index (χ3v) is 5.14. The number of carboxylic acid groups (broad SMARTS) is 1. The van der Waals surface area contributed by atoms with Gasteiger partial charge in [0, 0.05) is 29.7 Å². The van der Waals surface area contributed by atoms with Crippen LogP contribution in [0.5, 0.6) is 0 Å². The van der Waals surface area contributed by atoms with Crippen LogP contribution in [0.25, 0.3) is 10.9 Å². The van der Waals surface area contributed by atoms with E-state index in [2.05, 4.69) is 31.0 Å². The number of aliphatic carboxylic acids is 1. The molecule has 128 valence electrons. The standard InChI is InChI=1S/C19H24N2O3/c1-11-6-7-12(2)18-17(11)15(13(3)20-18)9-16(22)21-8-4-5-14(10-21)19(23)24/h6-7,14,20H,4-5,8-10H2,1-3H3,(H,23,24). The number of aromatic amines is 1. The van der Waals surface area contributed by atoms with Gasteiger partial charge in [-0.1, -0.05) is 12.1 Å². The zero-order valence-corrected chi connectivity index (χ0v) is 14.5. The van der Waals surface area contributed by atoms with E-state index >= 15 is 0 Å². The van der Waals surface area contributed by atoms with Gasteiger partial charge in [0.25, 0.3) is 0 Å². The molecule has 1 atom stereocenters. The van der Waals surface area contributed by atoms with Crippen molar-refractivity contribution in [1.82, 2.24) is 9.88 Å². The molecule has 1 aromatic carbocycles. The highest BCUT2D eigenvalue weighted by Crippen LogP contribution is 2.29. The Bertz CT molecular complexity index is 807. The van der Waals surface area contributed by atoms with Crippen LogP contribution >= 0.6 is 0 Å². The summed E-state index contributed by atoms with van der Waals surface area (Å²) in [5.74, 6) is -1.22. The second-order valence-electron chi connectivity index (χ2n) is 6.87. The van der Waals surface area contributed by atoms with Gasteiger partial charge in [-0.3, -0.25) is 9.59 Å². The molecule has 0 aliphatic carbocycles. The van der Waals surface area contributed by atoms with Crippen LogP contribution in [0.3, 0.4) is 0 Å². The maximum atomic E-state index is 12.7. The number of carbonyl (C=O) groups is 2. The first-order chi connectivity index (χ1) is 11.4. The Labute approximate surface area is 141 Å². The summed E-state index contributed by atoms with van der Waals surface area (Å²) in [4.78, 5) is 29.1. The lowest BCUT2D eigenvalue weighted by Crippen LogP contribution is -2.43. The van der Waals surface area contributed by atoms with E-state index in [-0.39, 0.29) is 5.91 Å². The number of piperidine rings is 1. The highest BCUT2D eigenvalue weighted by molar-refractivity contribution is 5.94. The summed E-state index contributed by atoms with van der Waals surface area (Å²) in [5.41, 5.74) is 5.47. The number of aromatic nitrogens is 1. The fraction of sp³-hybridized carbons (Fsp3) is 0.474. The minimum absolute atomic E-state index is 0.0193. The number of likely N-dealkylation sites (tertiary alicyclic amines) is 1. The number of fused-ring (bicyclic) bond motifs is 1. The van der Waals surface area contributed by atoms with Crippen molar-refractivity contribution in [2.24, 2.45) is 5.92 Å². The van der Waals surface area contributed by atoms with E-state index in [0.29, 0.717) is 25.9 Å². The minimum atomic E-state index is -0.803. The first-order valence-electron chi connectivity index (χ1n) is 8.46. The normalized spacial score (nSPS) is 18.1. The van der Waals surface area contributed by atoms with Crippen LogP contribution in [-0.4, -0.2) is 40.0 Å². The van der Waals surface area contributed by atoms with Crippen LogP contribution in [-0.2, 0) is 16.0 Å². The van der Waals surface area contributed by atoms with Crippen LogP contribution in [0.1, 0.15) is 35.2 Å². The molecule has 2 aromatic rings. The quantitative estimate of drug-likeness (QED) is 0.910. The van der Waals surface area contributed by atoms with Crippen molar-refractivity contribution in [2.75, 3.05) is 13.1 Å². The number of hydrogen-bond donors (Lipinski definition) is 2. The molecule has 5 nitrogen and oxygen atoms in total. The van der Waals surface area contributed by atoms with E-state index in [1.807, 2.05) is 6.92 Å². The Morgan fingerprint density at radius 1 is 1.25 bits per heavy atom. The molecule has 3 rings (SSSR count). The highest BCUT2D eigenvalue weighted by Gasteiger charge is 2.28. The molecular formula is C19H24N2O3. The SMILES string of the molecule is Cc1[nH]c2c(C)ccc(C)c2c1CC(=O)N1CCCC(C(=O)O)C1. The second-order valence-corrected chi connectivity index (χ2v) is 6.87. The van der Waals surface area contributed by atoms with Crippen molar-refractivity contribution < 1.29 is 14.7 Å². The van der Waals surface area contributed by atoms with E-state index in [0.717, 1.165) is 34.1 Å². The van der Waals surface area contributed by atoms with Gasteiger partial charge in [0.1, 0.15) is 0 Å². The van der Waals surface area contributed by atoms with Crippen molar-refractivity contribution in [3.8, 4) is 0 Å². The third kappa shape index (κ3) is 2.90. The molecule has 1 aliphatic heterocycles. The number of rotatable bonds is 3. The van der Waals surface area contributed by atoms with Crippen LogP contribution < -0.4 is 0 Å². The first-order valence-corrected chi connectivity index (χ1v) is 8.46. The molecule has 24 heavy (non-hydrogen) atoms. The van der Waals surface area contributed by atoms with Crippen molar-refractivity contribution in [2.45, 2.75) is 40.0 Å². The predicted octanol–water partition coefficient (Wildman–Crippen LogP) is 2.96. The molecule has 0 bridgehead atoms. The number of aryl methyl sites for hydroxylation is 3. The summed E-state index contributed by atoms with van der Waals surface area (Å²) in [6.45, 7) is 7.10. The summed E-state index contributed by atoms with van der Waals surface area (Å²) in [7, 11) is 0. The lowest BCUT2D eigenvalue weighted by atomic mass is 9.96. The molecule has 1 saturated heterocycles. The lowest BCUT2D eigenvalue weighted by Gasteiger charge is -2.30. The molecule has 2 heterocycles. The molecule has 0 radical (unpaired) electrons. The summed E-state index contributed by atoms with van der Waals surface area (Å²) in [6.07, 6.45) is 1.74. The predicted molar refractivity (Wildman–Crippen MR) is 93.2 cm³/mol. The van der Waals surface area contributed by atoms with Crippen LogP contribution in [0.4, 0.5) is 0 Å². The summed E-state index contributed by atoms with van der Waals surface area (Å²) >= 11 is 0. The van der Waals surface area contributed by atoms with Crippen LogP contribution in [0, 0.1) is 26.7 Å². The van der Waals surface area contributed by atoms with Crippen molar-refractivity contribution in [3.05, 3.63) is 34.5 Å². The summed E-state index contributed by atoms with van der Waals surface area (Å²) < 4.78 is 0. The zero-order chi connectivity index (χ0) is 17.4. The van der Waals surface area contributed by atoms with Gasteiger partial charge < -0.3 is 15.0 Å². The second kappa shape index (κ2) is 6.30. The van der Waals surface area contributed by atoms with Gasteiger partial charge in [-0.15, -0.1) is 0 Å². The number of hydrogen-bond acceptors (Lipinski definition) is 2. The third-order valence-electron chi connectivity index (χ3n) is 5.14. The van der Waals surface area contributed by atoms with Crippen LogP contribution in [0.15, 0.2) is 12.1 Å². The molecule has 1 amide bonds. The number of nitrogens with zero attached hydrogens (tertiary/aromatic N) is 1. The van der Waals surface area contributed by atoms with Gasteiger partial charge in [0.05, 0.1) is 12.3 Å². The van der Waals surface area contributed by atoms with Crippen molar-refractivity contribution in [3.63, 3.8) is 0 Å². The monoisotopic (exact) mass is 328 g/mol. The maximum absolute atomic E-state index is 12.7. The number of nitrogens with one attached hydrogen (secondary N) is 1. The average molecular weight is 328 g/mol. The molecule has 5 heteroatoms. The molecule has 1 aliphatic rings. The Balaban J connectivity index is 1.87. The largest absolute Gasteiger partial charge is 0.481 e. The van der Waals surface area contributed by atoms with Crippen molar-refractivity contribution in [1.29, 1.82) is 0 Å². The zero-order valence-electron chi connectivity index (χ0n) is 14.5. The number of H-pyrrole nitrogens is 1. The number of benzene rings is 1. The Morgan fingerprint density at radius 2 is 1.96 bits per heavy atom. The van der Waals surface area contributed by atoms with Gasteiger partial charge in [0.15, 0.2) is 0 Å². The molecular weight excluding hydrogens is 304 g/mol. The van der Waals surface area contributed by atoms with Gasteiger partial charge in [-0.05, 0) is 50.3 Å². The first kappa shape index (κ1) is 16.6. The molecule has 0 spiro atoms. The van der Waals surface area contributed by atoms with E-state index in [9.17, 15) is 14.7 Å². The molecule has 1 unspecified atom stereocenters. The molecule has 2 N–H and O–H groups in total. The average Bonchev–Trinajstić information content (AvgIpc) is 2.89. The van der Waals surface area contributed by atoms with Gasteiger partial charge in [0.2, 0.25) is 5.91 Å². The smallest absolute Gasteiger partial charge is 0.308 e. The Morgan fingerprint density at radius 3 is 2.67 bits per heavy atom. The fourth-order valence-corrected chi connectivity index (χ4v) is 3.70. The molecule has 0 saturated carbocycles. The van der Waals surface area contributed by atoms with Gasteiger partial charge in [-0.25, -0.2) is 0 Å². The topological polar surface area (TPSA) is 73.4 Å². The van der Waals surface area contributed by atoms with E-state index in [4.69, 9.17) is 0 Å². The fourth-order valence-electron chi connectivity index (χ4n) is 3.70. The minimum Gasteiger partial charge on any atom is -0.481 e. The van der Waals surface area contributed by atoms with Crippen LogP contribution in [0.2, 0.25) is 0 Å². The lowest BCUT2D eigenvalue weighted by molar-refractivity contribution is -0.145. The number of amides is 1. The maximum Gasteiger partial charge on any atom is 0.308 e.